The summed E-state index contributed by atoms with van der Waals surface area (Å²) in [6.07, 6.45) is 0.859. The van der Waals surface area contributed by atoms with Gasteiger partial charge in [0.1, 0.15) is 11.5 Å². The van der Waals surface area contributed by atoms with Gasteiger partial charge in [-0.05, 0) is 17.7 Å². The fourth-order valence-electron chi connectivity index (χ4n) is 3.52. The minimum absolute atomic E-state index is 0.128. The Kier molecular flexibility index (Phi) is 7.74. The molecular formula is C27H25N3O4S. The third kappa shape index (κ3) is 6.24. The first-order valence-electron chi connectivity index (χ1n) is 10.9. The number of hydrogen-bond acceptors (Lipinski definition) is 6. The van der Waals surface area contributed by atoms with E-state index in [4.69, 9.17) is 9.47 Å². The molecule has 178 valence electrons. The van der Waals surface area contributed by atoms with E-state index in [0.717, 1.165) is 11.4 Å². The summed E-state index contributed by atoms with van der Waals surface area (Å²) in [7, 11) is 2.99. The highest BCUT2D eigenvalue weighted by Crippen LogP contribution is 2.36. The van der Waals surface area contributed by atoms with E-state index in [1.807, 2.05) is 29.6 Å². The number of ether oxygens (including phenoxy) is 2. The molecule has 0 fully saturated rings. The molecule has 0 bridgehead atoms. The van der Waals surface area contributed by atoms with Gasteiger partial charge in [-0.1, -0.05) is 48.5 Å². The Labute approximate surface area is 207 Å². The van der Waals surface area contributed by atoms with Crippen LogP contribution < -0.4 is 20.1 Å². The van der Waals surface area contributed by atoms with E-state index in [1.165, 1.54) is 31.1 Å². The monoisotopic (exact) mass is 487 g/mol. The molecule has 2 amide bonds. The third-order valence-electron chi connectivity index (χ3n) is 5.22. The molecule has 0 spiro atoms. The Hall–Kier alpha value is -4.17. The molecule has 0 unspecified atom stereocenters. The molecule has 8 heteroatoms. The summed E-state index contributed by atoms with van der Waals surface area (Å²) in [5, 5.41) is 8.55. The van der Waals surface area contributed by atoms with Gasteiger partial charge >= 0.3 is 0 Å². The SMILES string of the molecule is COc1cc(NC(=O)c2ccccc2)c(OC)cc1NC(=O)Cc1csc(Cc2ccccc2)n1. The maximum atomic E-state index is 12.8. The van der Waals surface area contributed by atoms with E-state index in [-0.39, 0.29) is 18.2 Å². The molecule has 3 aromatic carbocycles. The van der Waals surface area contributed by atoms with Crippen LogP contribution in [0.1, 0.15) is 26.6 Å². The average molecular weight is 488 g/mol. The molecule has 7 nitrogen and oxygen atoms in total. The summed E-state index contributed by atoms with van der Waals surface area (Å²) >= 11 is 1.54. The van der Waals surface area contributed by atoms with Crippen LogP contribution in [-0.2, 0) is 17.6 Å². The Balaban J connectivity index is 1.44. The van der Waals surface area contributed by atoms with Gasteiger partial charge in [-0.3, -0.25) is 9.59 Å². The molecule has 0 atom stereocenters. The molecule has 35 heavy (non-hydrogen) atoms. The standard InChI is InChI=1S/C27H25N3O4S/c1-33-23-16-22(30-27(32)19-11-7-4-8-12-19)24(34-2)15-21(23)29-25(31)14-20-17-35-26(28-20)13-18-9-5-3-6-10-18/h3-12,15-17H,13-14H2,1-2H3,(H,29,31)(H,30,32). The lowest BCUT2D eigenvalue weighted by molar-refractivity contribution is -0.115. The van der Waals surface area contributed by atoms with Gasteiger partial charge in [0.15, 0.2) is 0 Å². The van der Waals surface area contributed by atoms with E-state index >= 15 is 0 Å². The van der Waals surface area contributed by atoms with Crippen LogP contribution in [0.15, 0.2) is 78.2 Å². The van der Waals surface area contributed by atoms with Crippen molar-refractivity contribution >= 4 is 34.5 Å². The third-order valence-corrected chi connectivity index (χ3v) is 6.12. The van der Waals surface area contributed by atoms with Crippen molar-refractivity contribution in [2.75, 3.05) is 24.9 Å². The predicted octanol–water partition coefficient (Wildman–Crippen LogP) is 5.18. The van der Waals surface area contributed by atoms with E-state index in [2.05, 4.69) is 27.8 Å². The summed E-state index contributed by atoms with van der Waals surface area (Å²) in [6.45, 7) is 0. The van der Waals surface area contributed by atoms with Crippen LogP contribution in [0.25, 0.3) is 0 Å². The first kappa shape index (κ1) is 24.0. The van der Waals surface area contributed by atoms with Gasteiger partial charge in [0, 0.05) is 29.5 Å². The van der Waals surface area contributed by atoms with Crippen LogP contribution >= 0.6 is 11.3 Å². The zero-order chi connectivity index (χ0) is 24.6. The zero-order valence-corrected chi connectivity index (χ0v) is 20.2. The summed E-state index contributed by atoms with van der Waals surface area (Å²) in [5.74, 6) is 0.273. The number of methoxy groups -OCH3 is 2. The molecule has 0 aliphatic rings. The lowest BCUT2D eigenvalue weighted by Crippen LogP contribution is -2.16. The largest absolute Gasteiger partial charge is 0.494 e. The van der Waals surface area contributed by atoms with Crippen molar-refractivity contribution in [1.82, 2.24) is 4.98 Å². The van der Waals surface area contributed by atoms with Crippen molar-refractivity contribution in [2.24, 2.45) is 0 Å². The van der Waals surface area contributed by atoms with Crippen molar-refractivity contribution in [2.45, 2.75) is 12.8 Å². The van der Waals surface area contributed by atoms with Crippen LogP contribution in [0, 0.1) is 0 Å². The molecule has 0 saturated heterocycles. The fraction of sp³-hybridized carbons (Fsp3) is 0.148. The van der Waals surface area contributed by atoms with Crippen molar-refractivity contribution in [1.29, 1.82) is 0 Å². The normalized spacial score (nSPS) is 10.5. The molecule has 0 radical (unpaired) electrons. The lowest BCUT2D eigenvalue weighted by atomic mass is 10.2. The average Bonchev–Trinajstić information content (AvgIpc) is 3.31. The molecule has 0 aliphatic carbocycles. The quantitative estimate of drug-likeness (QED) is 0.339. The minimum atomic E-state index is -0.280. The lowest BCUT2D eigenvalue weighted by Gasteiger charge is -2.16. The molecule has 4 rings (SSSR count). The number of carbonyl (C=O) groups excluding carboxylic acids is 2. The number of benzene rings is 3. The predicted molar refractivity (Wildman–Crippen MR) is 138 cm³/mol. The van der Waals surface area contributed by atoms with Gasteiger partial charge in [-0.15, -0.1) is 11.3 Å². The molecular weight excluding hydrogens is 462 g/mol. The van der Waals surface area contributed by atoms with Crippen molar-refractivity contribution in [3.05, 3.63) is 100 Å². The molecule has 1 aromatic heterocycles. The zero-order valence-electron chi connectivity index (χ0n) is 19.4. The fourth-order valence-corrected chi connectivity index (χ4v) is 4.35. The van der Waals surface area contributed by atoms with E-state index < -0.39 is 0 Å². The van der Waals surface area contributed by atoms with Crippen molar-refractivity contribution < 1.29 is 19.1 Å². The number of anilines is 2. The maximum absolute atomic E-state index is 12.8. The minimum Gasteiger partial charge on any atom is -0.494 e. The van der Waals surface area contributed by atoms with Crippen molar-refractivity contribution in [3.63, 3.8) is 0 Å². The second-order valence-electron chi connectivity index (χ2n) is 7.69. The van der Waals surface area contributed by atoms with Crippen molar-refractivity contribution in [3.8, 4) is 11.5 Å². The highest BCUT2D eigenvalue weighted by molar-refractivity contribution is 7.09. The Morgan fingerprint density at radius 2 is 1.46 bits per heavy atom. The van der Waals surface area contributed by atoms with Crippen LogP contribution in [0.5, 0.6) is 11.5 Å². The van der Waals surface area contributed by atoms with Gasteiger partial charge < -0.3 is 20.1 Å². The highest BCUT2D eigenvalue weighted by atomic mass is 32.1. The van der Waals surface area contributed by atoms with Gasteiger partial charge in [0.05, 0.1) is 42.7 Å². The number of carbonyl (C=O) groups is 2. The van der Waals surface area contributed by atoms with E-state index in [1.54, 1.807) is 36.4 Å². The van der Waals surface area contributed by atoms with Gasteiger partial charge in [-0.25, -0.2) is 4.98 Å². The molecule has 4 aromatic rings. The molecule has 2 N–H and O–H groups in total. The van der Waals surface area contributed by atoms with Crippen LogP contribution in [0.2, 0.25) is 0 Å². The molecule has 0 saturated carbocycles. The number of nitrogens with zero attached hydrogens (tertiary/aromatic N) is 1. The number of aromatic nitrogens is 1. The van der Waals surface area contributed by atoms with Gasteiger partial charge in [0.2, 0.25) is 5.91 Å². The second-order valence-corrected chi connectivity index (χ2v) is 8.64. The summed E-state index contributed by atoms with van der Waals surface area (Å²) in [6, 6.07) is 22.2. The van der Waals surface area contributed by atoms with E-state index in [0.29, 0.717) is 34.1 Å². The molecule has 0 aliphatic heterocycles. The Morgan fingerprint density at radius 3 is 2.09 bits per heavy atom. The topological polar surface area (TPSA) is 89.5 Å². The van der Waals surface area contributed by atoms with Crippen LogP contribution in [-0.4, -0.2) is 31.0 Å². The number of amides is 2. The molecule has 1 heterocycles. The van der Waals surface area contributed by atoms with Crippen LogP contribution in [0.3, 0.4) is 0 Å². The highest BCUT2D eigenvalue weighted by Gasteiger charge is 2.17. The Bertz CT molecular complexity index is 1310. The Morgan fingerprint density at radius 1 is 0.857 bits per heavy atom. The first-order valence-corrected chi connectivity index (χ1v) is 11.8. The van der Waals surface area contributed by atoms with E-state index in [9.17, 15) is 9.59 Å². The summed E-state index contributed by atoms with van der Waals surface area (Å²) in [4.78, 5) is 29.9. The number of hydrogen-bond donors (Lipinski definition) is 2. The number of thiazole rings is 1. The summed E-state index contributed by atoms with van der Waals surface area (Å²) < 4.78 is 10.9. The van der Waals surface area contributed by atoms with Gasteiger partial charge in [-0.2, -0.15) is 0 Å². The first-order chi connectivity index (χ1) is 17.1. The summed E-state index contributed by atoms with van der Waals surface area (Å²) in [5.41, 5.74) is 3.26. The number of nitrogens with one attached hydrogen (secondary N) is 2. The van der Waals surface area contributed by atoms with Crippen LogP contribution in [0.4, 0.5) is 11.4 Å². The smallest absolute Gasteiger partial charge is 0.255 e. The second kappa shape index (κ2) is 11.3. The number of rotatable bonds is 9. The van der Waals surface area contributed by atoms with Gasteiger partial charge in [0.25, 0.3) is 5.91 Å². The maximum Gasteiger partial charge on any atom is 0.255 e.